The van der Waals surface area contributed by atoms with Gasteiger partial charge in [-0.25, -0.2) is 4.39 Å². The first kappa shape index (κ1) is 16.0. The van der Waals surface area contributed by atoms with Gasteiger partial charge in [-0.05, 0) is 58.9 Å². The summed E-state index contributed by atoms with van der Waals surface area (Å²) in [7, 11) is 0. The molecule has 3 nitrogen and oxygen atoms in total. The lowest BCUT2D eigenvalue weighted by atomic mass is 9.85. The van der Waals surface area contributed by atoms with Crippen molar-refractivity contribution in [2.45, 2.75) is 45.8 Å². The number of rotatable bonds is 4. The summed E-state index contributed by atoms with van der Waals surface area (Å²) in [6.45, 7) is 10.9. The molecule has 1 aromatic carbocycles. The molecule has 1 heterocycles. The monoisotopic (exact) mass is 293 g/mol. The van der Waals surface area contributed by atoms with Gasteiger partial charge in [-0.1, -0.05) is 0 Å². The zero-order chi connectivity index (χ0) is 15.8. The number of benzene rings is 1. The van der Waals surface area contributed by atoms with E-state index in [4.69, 9.17) is 4.74 Å². The van der Waals surface area contributed by atoms with Gasteiger partial charge in [0.25, 0.3) is 0 Å². The number of halogens is 1. The highest BCUT2D eigenvalue weighted by Gasteiger charge is 2.53. The predicted molar refractivity (Wildman–Crippen MR) is 82.0 cm³/mol. The van der Waals surface area contributed by atoms with E-state index in [1.807, 2.05) is 34.6 Å². The molecule has 2 rings (SSSR count). The predicted octanol–water partition coefficient (Wildman–Crippen LogP) is 3.42. The quantitative estimate of drug-likeness (QED) is 0.852. The molecule has 0 spiro atoms. The lowest BCUT2D eigenvalue weighted by Crippen LogP contribution is -2.41. The van der Waals surface area contributed by atoms with Crippen LogP contribution in [0.15, 0.2) is 24.3 Å². The Kier molecular flexibility index (Phi) is 4.11. The van der Waals surface area contributed by atoms with E-state index in [0.717, 1.165) is 12.2 Å². The summed E-state index contributed by atoms with van der Waals surface area (Å²) in [6.07, 6.45) is 0. The van der Waals surface area contributed by atoms with Crippen molar-refractivity contribution >= 4 is 11.5 Å². The fourth-order valence-electron chi connectivity index (χ4n) is 3.11. The summed E-state index contributed by atoms with van der Waals surface area (Å²) in [5.74, 6) is -0.317. The summed E-state index contributed by atoms with van der Waals surface area (Å²) in [5, 5.41) is 0. The Balaban J connectivity index is 2.22. The number of Topliss-reactive ketones (excluding diaryl/α,β-unsaturated/α-hetero) is 1. The Morgan fingerprint density at radius 3 is 2.19 bits per heavy atom. The van der Waals surface area contributed by atoms with Crippen molar-refractivity contribution in [3.63, 3.8) is 0 Å². The van der Waals surface area contributed by atoms with E-state index in [1.165, 1.54) is 12.1 Å². The van der Waals surface area contributed by atoms with Crippen LogP contribution in [0.4, 0.5) is 10.1 Å². The van der Waals surface area contributed by atoms with Gasteiger partial charge in [0.1, 0.15) is 11.4 Å². The van der Waals surface area contributed by atoms with Gasteiger partial charge in [-0.15, -0.1) is 0 Å². The van der Waals surface area contributed by atoms with Gasteiger partial charge < -0.3 is 9.64 Å². The van der Waals surface area contributed by atoms with E-state index in [-0.39, 0.29) is 17.5 Å². The van der Waals surface area contributed by atoms with Gasteiger partial charge in [-0.2, -0.15) is 0 Å². The van der Waals surface area contributed by atoms with E-state index in [2.05, 4.69) is 4.90 Å². The second kappa shape index (κ2) is 5.41. The summed E-state index contributed by atoms with van der Waals surface area (Å²) in [4.78, 5) is 14.7. The number of ketones is 1. The molecule has 0 amide bonds. The highest BCUT2D eigenvalue weighted by atomic mass is 19.1. The Hall–Kier alpha value is -1.42. The maximum Gasteiger partial charge on any atom is 0.171 e. The summed E-state index contributed by atoms with van der Waals surface area (Å²) < 4.78 is 19.0. The standard InChI is InChI=1S/C17H24FNO2/c1-6-19(13-9-7-12(18)8-10-13)11-14-15(20)17(4,5)21-16(14,2)3/h7-10,14H,6,11H2,1-5H3. The van der Waals surface area contributed by atoms with Gasteiger partial charge in [0.05, 0.1) is 11.5 Å². The third-order valence-corrected chi connectivity index (χ3v) is 4.24. The molecule has 1 saturated heterocycles. The van der Waals surface area contributed by atoms with Gasteiger partial charge in [0.2, 0.25) is 0 Å². The number of hydrogen-bond donors (Lipinski definition) is 0. The van der Waals surface area contributed by atoms with Gasteiger partial charge in [-0.3, -0.25) is 4.79 Å². The first-order valence-corrected chi connectivity index (χ1v) is 7.42. The highest BCUT2D eigenvalue weighted by molar-refractivity contribution is 5.92. The molecule has 116 valence electrons. The maximum atomic E-state index is 13.1. The number of nitrogens with zero attached hydrogens (tertiary/aromatic N) is 1. The molecule has 1 aliphatic heterocycles. The molecular weight excluding hydrogens is 269 g/mol. The Bertz CT molecular complexity index is 522. The molecule has 0 bridgehead atoms. The SMILES string of the molecule is CCN(CC1C(=O)C(C)(C)OC1(C)C)c1ccc(F)cc1. The molecule has 1 aromatic rings. The number of hydrogen-bond acceptors (Lipinski definition) is 3. The minimum absolute atomic E-state index is 0.132. The fraction of sp³-hybridized carbons (Fsp3) is 0.588. The van der Waals surface area contributed by atoms with Gasteiger partial charge in [0.15, 0.2) is 5.78 Å². The van der Waals surface area contributed by atoms with Crippen molar-refractivity contribution in [3.05, 3.63) is 30.1 Å². The molecule has 0 aliphatic carbocycles. The molecule has 0 radical (unpaired) electrons. The van der Waals surface area contributed by atoms with Crippen molar-refractivity contribution in [1.29, 1.82) is 0 Å². The van der Waals surface area contributed by atoms with E-state index < -0.39 is 11.2 Å². The molecular formula is C17H24FNO2. The highest BCUT2D eigenvalue weighted by Crippen LogP contribution is 2.39. The third kappa shape index (κ3) is 3.10. The molecule has 4 heteroatoms. The molecule has 1 aliphatic rings. The van der Waals surface area contributed by atoms with Crippen molar-refractivity contribution in [2.24, 2.45) is 5.92 Å². The summed E-state index contributed by atoms with van der Waals surface area (Å²) in [5.41, 5.74) is -0.308. The van der Waals surface area contributed by atoms with Crippen LogP contribution >= 0.6 is 0 Å². The van der Waals surface area contributed by atoms with Crippen LogP contribution in [0.25, 0.3) is 0 Å². The second-order valence-electron chi connectivity index (χ2n) is 6.65. The Morgan fingerprint density at radius 2 is 1.76 bits per heavy atom. The second-order valence-corrected chi connectivity index (χ2v) is 6.65. The Morgan fingerprint density at radius 1 is 1.19 bits per heavy atom. The molecule has 0 saturated carbocycles. The maximum absolute atomic E-state index is 13.1. The average molecular weight is 293 g/mol. The number of carbonyl (C=O) groups is 1. The van der Waals surface area contributed by atoms with E-state index >= 15 is 0 Å². The molecule has 21 heavy (non-hydrogen) atoms. The van der Waals surface area contributed by atoms with Crippen molar-refractivity contribution in [1.82, 2.24) is 0 Å². The number of carbonyl (C=O) groups excluding carboxylic acids is 1. The zero-order valence-electron chi connectivity index (χ0n) is 13.4. The van der Waals surface area contributed by atoms with Crippen LogP contribution in [0.3, 0.4) is 0 Å². The smallest absolute Gasteiger partial charge is 0.171 e. The third-order valence-electron chi connectivity index (χ3n) is 4.24. The van der Waals surface area contributed by atoms with Crippen molar-refractivity contribution in [2.75, 3.05) is 18.0 Å². The largest absolute Gasteiger partial charge is 0.371 e. The minimum Gasteiger partial charge on any atom is -0.371 e. The van der Waals surface area contributed by atoms with Gasteiger partial charge >= 0.3 is 0 Å². The molecule has 0 aromatic heterocycles. The normalized spacial score (nSPS) is 23.3. The first-order valence-electron chi connectivity index (χ1n) is 7.42. The van der Waals surface area contributed by atoms with E-state index in [9.17, 15) is 9.18 Å². The summed E-state index contributed by atoms with van der Waals surface area (Å²) >= 11 is 0. The fourth-order valence-corrected chi connectivity index (χ4v) is 3.11. The first-order chi connectivity index (χ1) is 9.67. The van der Waals surface area contributed by atoms with Crippen LogP contribution < -0.4 is 4.90 Å². The number of anilines is 1. The van der Waals surface area contributed by atoms with Crippen LogP contribution in [0.5, 0.6) is 0 Å². The van der Waals surface area contributed by atoms with Crippen LogP contribution in [0, 0.1) is 11.7 Å². The lowest BCUT2D eigenvalue weighted by molar-refractivity contribution is -0.132. The van der Waals surface area contributed by atoms with Crippen molar-refractivity contribution in [3.8, 4) is 0 Å². The van der Waals surface area contributed by atoms with E-state index in [0.29, 0.717) is 6.54 Å². The Labute approximate surface area is 126 Å². The van der Waals surface area contributed by atoms with Crippen LogP contribution in [0.1, 0.15) is 34.6 Å². The van der Waals surface area contributed by atoms with Crippen molar-refractivity contribution < 1.29 is 13.9 Å². The van der Waals surface area contributed by atoms with Crippen LogP contribution in [-0.4, -0.2) is 30.1 Å². The minimum atomic E-state index is -0.740. The zero-order valence-corrected chi connectivity index (χ0v) is 13.4. The molecule has 0 N–H and O–H groups in total. The molecule has 1 fully saturated rings. The van der Waals surface area contributed by atoms with Gasteiger partial charge in [0, 0.05) is 18.8 Å². The molecule has 1 unspecified atom stereocenters. The number of ether oxygens (including phenoxy) is 1. The summed E-state index contributed by atoms with van der Waals surface area (Å²) in [6, 6.07) is 6.38. The van der Waals surface area contributed by atoms with Crippen LogP contribution in [0.2, 0.25) is 0 Å². The van der Waals surface area contributed by atoms with Crippen LogP contribution in [-0.2, 0) is 9.53 Å². The molecule has 1 atom stereocenters. The lowest BCUT2D eigenvalue weighted by Gasteiger charge is -2.31. The topological polar surface area (TPSA) is 29.5 Å². The average Bonchev–Trinajstić information content (AvgIpc) is 2.54. The van der Waals surface area contributed by atoms with E-state index in [1.54, 1.807) is 12.1 Å².